The zero-order valence-electron chi connectivity index (χ0n) is 13.5. The van der Waals surface area contributed by atoms with Crippen molar-refractivity contribution in [3.8, 4) is 0 Å². The van der Waals surface area contributed by atoms with Crippen LogP contribution in [0.2, 0.25) is 5.02 Å². The minimum absolute atomic E-state index is 0.0469. The third-order valence-corrected chi connectivity index (χ3v) is 4.35. The summed E-state index contributed by atoms with van der Waals surface area (Å²) in [6.45, 7) is 2.88. The number of carboxylic acids is 1. The molecule has 1 amide bonds. The van der Waals surface area contributed by atoms with Crippen molar-refractivity contribution in [1.29, 1.82) is 0 Å². The summed E-state index contributed by atoms with van der Waals surface area (Å²) in [5.74, 6) is -1.47. The van der Waals surface area contributed by atoms with Crippen molar-refractivity contribution >= 4 is 23.5 Å². The van der Waals surface area contributed by atoms with Gasteiger partial charge in [0, 0.05) is 36.1 Å². The quantitative estimate of drug-likeness (QED) is 0.897. The molecule has 0 aromatic heterocycles. The van der Waals surface area contributed by atoms with E-state index in [-0.39, 0.29) is 17.9 Å². The number of halogens is 1. The predicted octanol–water partition coefficient (Wildman–Crippen LogP) is 2.58. The third kappa shape index (κ3) is 3.92. The number of allylic oxidation sites excluding steroid dienone is 1. The highest BCUT2D eigenvalue weighted by Gasteiger charge is 2.35. The van der Waals surface area contributed by atoms with E-state index in [0.717, 1.165) is 5.56 Å². The Bertz CT molecular complexity index is 638. The number of hydrogen-bond acceptors (Lipinski definition) is 3. The van der Waals surface area contributed by atoms with Gasteiger partial charge in [-0.25, -0.2) is 4.79 Å². The molecule has 5 nitrogen and oxygen atoms in total. The van der Waals surface area contributed by atoms with E-state index in [4.69, 9.17) is 11.6 Å². The SMILES string of the molecule is CC1=C(C(=O)O)C(c2ccc(Cl)cc2)CC(=O)N1CCN(C)C. The average molecular weight is 337 g/mol. The highest BCUT2D eigenvalue weighted by atomic mass is 35.5. The van der Waals surface area contributed by atoms with Crippen LogP contribution in [0.25, 0.3) is 0 Å². The fraction of sp³-hybridized carbons (Fsp3) is 0.412. The van der Waals surface area contributed by atoms with Crippen LogP contribution in [-0.2, 0) is 9.59 Å². The fourth-order valence-corrected chi connectivity index (χ4v) is 2.97. The van der Waals surface area contributed by atoms with Crippen molar-refractivity contribution in [2.75, 3.05) is 27.2 Å². The lowest BCUT2D eigenvalue weighted by Gasteiger charge is -2.34. The number of carbonyl (C=O) groups is 2. The van der Waals surface area contributed by atoms with Crippen LogP contribution in [0.5, 0.6) is 0 Å². The summed E-state index contributed by atoms with van der Waals surface area (Å²) in [5, 5.41) is 10.2. The maximum atomic E-state index is 12.5. The molecule has 1 heterocycles. The molecular formula is C17H21ClN2O3. The van der Waals surface area contributed by atoms with Crippen molar-refractivity contribution in [2.24, 2.45) is 0 Å². The number of benzene rings is 1. The third-order valence-electron chi connectivity index (χ3n) is 4.10. The Labute approximate surface area is 141 Å². The normalized spacial score (nSPS) is 18.7. The van der Waals surface area contributed by atoms with Gasteiger partial charge in [0.15, 0.2) is 0 Å². The molecule has 1 aromatic rings. The summed E-state index contributed by atoms with van der Waals surface area (Å²) >= 11 is 5.89. The van der Waals surface area contributed by atoms with Gasteiger partial charge < -0.3 is 14.9 Å². The van der Waals surface area contributed by atoms with Crippen molar-refractivity contribution in [1.82, 2.24) is 9.80 Å². The number of amides is 1. The van der Waals surface area contributed by atoms with Crippen LogP contribution in [0.1, 0.15) is 24.8 Å². The van der Waals surface area contributed by atoms with Gasteiger partial charge in [0.2, 0.25) is 5.91 Å². The second-order valence-corrected chi connectivity index (χ2v) is 6.40. The molecule has 1 aliphatic rings. The molecule has 0 aliphatic carbocycles. The molecule has 1 unspecified atom stereocenters. The lowest BCUT2D eigenvalue weighted by Crippen LogP contribution is -2.41. The maximum absolute atomic E-state index is 12.5. The minimum Gasteiger partial charge on any atom is -0.478 e. The van der Waals surface area contributed by atoms with E-state index in [2.05, 4.69) is 0 Å². The molecule has 1 N–H and O–H groups in total. The van der Waals surface area contributed by atoms with Gasteiger partial charge in [-0.05, 0) is 38.7 Å². The Morgan fingerprint density at radius 2 is 1.96 bits per heavy atom. The van der Waals surface area contributed by atoms with Crippen LogP contribution in [0.4, 0.5) is 0 Å². The Balaban J connectivity index is 2.40. The molecule has 0 radical (unpaired) electrons. The van der Waals surface area contributed by atoms with E-state index in [1.54, 1.807) is 36.1 Å². The molecule has 0 saturated heterocycles. The highest BCUT2D eigenvalue weighted by Crippen LogP contribution is 2.36. The van der Waals surface area contributed by atoms with Crippen molar-refractivity contribution in [3.05, 3.63) is 46.1 Å². The van der Waals surface area contributed by atoms with Crippen molar-refractivity contribution in [2.45, 2.75) is 19.3 Å². The highest BCUT2D eigenvalue weighted by molar-refractivity contribution is 6.30. The Hall–Kier alpha value is -1.85. The molecule has 2 rings (SSSR count). The largest absolute Gasteiger partial charge is 0.478 e. The zero-order valence-corrected chi connectivity index (χ0v) is 14.3. The van der Waals surface area contributed by atoms with Crippen molar-refractivity contribution in [3.63, 3.8) is 0 Å². The van der Waals surface area contributed by atoms with Crippen LogP contribution in [0, 0.1) is 0 Å². The Morgan fingerprint density at radius 3 is 2.48 bits per heavy atom. The maximum Gasteiger partial charge on any atom is 0.333 e. The topological polar surface area (TPSA) is 60.9 Å². The van der Waals surface area contributed by atoms with Gasteiger partial charge in [-0.3, -0.25) is 4.79 Å². The molecule has 0 bridgehead atoms. The number of carbonyl (C=O) groups excluding carboxylic acids is 1. The average Bonchev–Trinajstić information content (AvgIpc) is 2.46. The second kappa shape index (κ2) is 7.15. The smallest absolute Gasteiger partial charge is 0.333 e. The molecule has 1 aliphatic heterocycles. The molecule has 0 fully saturated rings. The second-order valence-electron chi connectivity index (χ2n) is 5.96. The lowest BCUT2D eigenvalue weighted by molar-refractivity contribution is -0.135. The van der Waals surface area contributed by atoms with E-state index in [0.29, 0.717) is 23.8 Å². The molecular weight excluding hydrogens is 316 g/mol. The molecule has 6 heteroatoms. The number of hydrogen-bond donors (Lipinski definition) is 1. The van der Waals surface area contributed by atoms with Gasteiger partial charge in [-0.1, -0.05) is 23.7 Å². The van der Waals surface area contributed by atoms with Crippen LogP contribution in [0.3, 0.4) is 0 Å². The van der Waals surface area contributed by atoms with Crippen LogP contribution in [0.15, 0.2) is 35.5 Å². The Kier molecular flexibility index (Phi) is 5.44. The van der Waals surface area contributed by atoms with E-state index in [9.17, 15) is 14.7 Å². The summed E-state index contributed by atoms with van der Waals surface area (Å²) in [7, 11) is 3.84. The molecule has 0 spiro atoms. The van der Waals surface area contributed by atoms with Crippen LogP contribution < -0.4 is 0 Å². The standard InChI is InChI=1S/C17H21ClN2O3/c1-11-16(17(22)23)14(12-4-6-13(18)7-5-12)10-15(21)20(11)9-8-19(2)3/h4-7,14H,8-10H2,1-3H3,(H,22,23). The van der Waals surface area contributed by atoms with Gasteiger partial charge >= 0.3 is 5.97 Å². The van der Waals surface area contributed by atoms with Crippen molar-refractivity contribution < 1.29 is 14.7 Å². The number of likely N-dealkylation sites (N-methyl/N-ethyl adjacent to an activating group) is 1. The van der Waals surface area contributed by atoms with Gasteiger partial charge in [0.05, 0.1) is 5.57 Å². The van der Waals surface area contributed by atoms with E-state index < -0.39 is 11.9 Å². The predicted molar refractivity (Wildman–Crippen MR) is 89.4 cm³/mol. The monoisotopic (exact) mass is 336 g/mol. The zero-order chi connectivity index (χ0) is 17.1. The molecule has 1 aromatic carbocycles. The van der Waals surface area contributed by atoms with Gasteiger partial charge in [-0.15, -0.1) is 0 Å². The molecule has 0 saturated carbocycles. The molecule has 1 atom stereocenters. The van der Waals surface area contributed by atoms with Gasteiger partial charge in [-0.2, -0.15) is 0 Å². The van der Waals surface area contributed by atoms with E-state index >= 15 is 0 Å². The number of nitrogens with zero attached hydrogens (tertiary/aromatic N) is 2. The lowest BCUT2D eigenvalue weighted by atomic mass is 9.84. The van der Waals surface area contributed by atoms with E-state index in [1.807, 2.05) is 19.0 Å². The van der Waals surface area contributed by atoms with Gasteiger partial charge in [0.1, 0.15) is 0 Å². The summed E-state index contributed by atoms with van der Waals surface area (Å²) < 4.78 is 0. The number of rotatable bonds is 5. The number of carboxylic acid groups (broad SMARTS) is 1. The van der Waals surface area contributed by atoms with Crippen LogP contribution in [-0.4, -0.2) is 54.0 Å². The first kappa shape index (κ1) is 17.5. The summed E-state index contributed by atoms with van der Waals surface area (Å²) in [5.41, 5.74) is 1.60. The minimum atomic E-state index is -0.982. The van der Waals surface area contributed by atoms with Gasteiger partial charge in [0.25, 0.3) is 0 Å². The first-order chi connectivity index (χ1) is 10.8. The Morgan fingerprint density at radius 1 is 1.35 bits per heavy atom. The first-order valence-corrected chi connectivity index (χ1v) is 7.83. The first-order valence-electron chi connectivity index (χ1n) is 7.46. The summed E-state index contributed by atoms with van der Waals surface area (Å²) in [6, 6.07) is 7.00. The fourth-order valence-electron chi connectivity index (χ4n) is 2.85. The van der Waals surface area contributed by atoms with Crippen LogP contribution >= 0.6 is 11.6 Å². The summed E-state index contributed by atoms with van der Waals surface area (Å²) in [6.07, 6.45) is 0.161. The number of aliphatic carboxylic acids is 1. The molecule has 124 valence electrons. The summed E-state index contributed by atoms with van der Waals surface area (Å²) in [4.78, 5) is 27.8. The van der Waals surface area contributed by atoms with E-state index in [1.165, 1.54) is 0 Å². The molecule has 23 heavy (non-hydrogen) atoms.